The first-order chi connectivity index (χ1) is 9.99. The Hall–Kier alpha value is -1.30. The molecule has 0 aliphatic carbocycles. The SMILES string of the molecule is CN(C)[C@H](CNC(=O)c1cc(Br)ccc1Cl)c1ccco1. The second-order valence-electron chi connectivity index (χ2n) is 4.83. The second-order valence-corrected chi connectivity index (χ2v) is 6.15. The van der Waals surface area contributed by atoms with Crippen molar-refractivity contribution in [2.75, 3.05) is 20.6 Å². The van der Waals surface area contributed by atoms with Gasteiger partial charge in [0.25, 0.3) is 5.91 Å². The summed E-state index contributed by atoms with van der Waals surface area (Å²) in [7, 11) is 3.87. The quantitative estimate of drug-likeness (QED) is 0.871. The highest BCUT2D eigenvalue weighted by Crippen LogP contribution is 2.22. The van der Waals surface area contributed by atoms with Gasteiger partial charge in [0, 0.05) is 11.0 Å². The predicted octanol–water partition coefficient (Wildman–Crippen LogP) is 3.73. The van der Waals surface area contributed by atoms with Crippen molar-refractivity contribution in [2.24, 2.45) is 0 Å². The van der Waals surface area contributed by atoms with Crippen molar-refractivity contribution in [2.45, 2.75) is 6.04 Å². The number of carbonyl (C=O) groups is 1. The van der Waals surface area contributed by atoms with E-state index in [1.807, 2.05) is 31.1 Å². The Morgan fingerprint density at radius 1 is 1.43 bits per heavy atom. The highest BCUT2D eigenvalue weighted by atomic mass is 79.9. The summed E-state index contributed by atoms with van der Waals surface area (Å²) in [5, 5.41) is 3.32. The maximum atomic E-state index is 12.2. The third kappa shape index (κ3) is 4.09. The van der Waals surface area contributed by atoms with Crippen LogP contribution in [0.4, 0.5) is 0 Å². The minimum Gasteiger partial charge on any atom is -0.468 e. The molecule has 2 rings (SSSR count). The van der Waals surface area contributed by atoms with Gasteiger partial charge in [0.2, 0.25) is 0 Å². The van der Waals surface area contributed by atoms with E-state index in [1.165, 1.54) is 0 Å². The van der Waals surface area contributed by atoms with Crippen LogP contribution in [0.3, 0.4) is 0 Å². The Morgan fingerprint density at radius 3 is 2.81 bits per heavy atom. The van der Waals surface area contributed by atoms with Crippen molar-refractivity contribution in [3.63, 3.8) is 0 Å². The Bertz CT molecular complexity index is 614. The molecule has 1 heterocycles. The average Bonchev–Trinajstić information content (AvgIpc) is 2.95. The van der Waals surface area contributed by atoms with Crippen LogP contribution in [0.1, 0.15) is 22.2 Å². The second kappa shape index (κ2) is 7.11. The summed E-state index contributed by atoms with van der Waals surface area (Å²) in [6, 6.07) is 8.88. The molecule has 1 aromatic heterocycles. The van der Waals surface area contributed by atoms with Gasteiger partial charge in [-0.25, -0.2) is 0 Å². The molecule has 0 unspecified atom stereocenters. The molecule has 0 fully saturated rings. The number of furan rings is 1. The van der Waals surface area contributed by atoms with Crippen LogP contribution in [0.2, 0.25) is 5.02 Å². The number of nitrogens with one attached hydrogen (secondary N) is 1. The van der Waals surface area contributed by atoms with E-state index in [2.05, 4.69) is 21.2 Å². The van der Waals surface area contributed by atoms with Gasteiger partial charge >= 0.3 is 0 Å². The number of halogens is 2. The predicted molar refractivity (Wildman–Crippen MR) is 86.6 cm³/mol. The van der Waals surface area contributed by atoms with Crippen molar-refractivity contribution >= 4 is 33.4 Å². The monoisotopic (exact) mass is 370 g/mol. The maximum absolute atomic E-state index is 12.2. The maximum Gasteiger partial charge on any atom is 0.252 e. The van der Waals surface area contributed by atoms with Crippen LogP contribution in [-0.2, 0) is 0 Å². The van der Waals surface area contributed by atoms with Gasteiger partial charge in [-0.1, -0.05) is 27.5 Å². The number of hydrogen-bond donors (Lipinski definition) is 1. The molecule has 0 radical (unpaired) electrons. The fourth-order valence-electron chi connectivity index (χ4n) is 1.97. The van der Waals surface area contributed by atoms with Gasteiger partial charge in [0.15, 0.2) is 0 Å². The number of rotatable bonds is 5. The number of carbonyl (C=O) groups excluding carboxylic acids is 1. The lowest BCUT2D eigenvalue weighted by atomic mass is 10.1. The van der Waals surface area contributed by atoms with Crippen LogP contribution in [0.5, 0.6) is 0 Å². The third-order valence-electron chi connectivity index (χ3n) is 3.12. The molecule has 2 aromatic rings. The zero-order chi connectivity index (χ0) is 15.4. The largest absolute Gasteiger partial charge is 0.468 e. The fourth-order valence-corrected chi connectivity index (χ4v) is 2.54. The highest BCUT2D eigenvalue weighted by Gasteiger charge is 2.19. The Balaban J connectivity index is 2.07. The number of hydrogen-bond acceptors (Lipinski definition) is 3. The summed E-state index contributed by atoms with van der Waals surface area (Å²) < 4.78 is 6.22. The number of likely N-dealkylation sites (N-methyl/N-ethyl adjacent to an activating group) is 1. The molecule has 0 aliphatic rings. The third-order valence-corrected chi connectivity index (χ3v) is 3.95. The van der Waals surface area contributed by atoms with Crippen molar-refractivity contribution in [3.8, 4) is 0 Å². The Labute approximate surface area is 137 Å². The van der Waals surface area contributed by atoms with Crippen LogP contribution < -0.4 is 5.32 Å². The first kappa shape index (κ1) is 16.1. The summed E-state index contributed by atoms with van der Waals surface area (Å²) >= 11 is 9.40. The molecule has 6 heteroatoms. The lowest BCUT2D eigenvalue weighted by Crippen LogP contribution is -2.34. The summed E-state index contributed by atoms with van der Waals surface area (Å²) in [6.45, 7) is 0.433. The zero-order valence-corrected chi connectivity index (χ0v) is 14.1. The van der Waals surface area contributed by atoms with Crippen LogP contribution in [0.25, 0.3) is 0 Å². The van der Waals surface area contributed by atoms with E-state index in [0.717, 1.165) is 10.2 Å². The minimum absolute atomic E-state index is 0.0325. The standard InChI is InChI=1S/C15H16BrClN2O2/c1-19(2)13(14-4-3-7-21-14)9-18-15(20)11-8-10(16)5-6-12(11)17/h3-8,13H,9H2,1-2H3,(H,18,20)/t13-/m1/s1. The van der Waals surface area contributed by atoms with Crippen LogP contribution in [0.15, 0.2) is 45.5 Å². The normalized spacial score (nSPS) is 12.4. The summed E-state index contributed by atoms with van der Waals surface area (Å²) in [5.74, 6) is 0.598. The molecule has 4 nitrogen and oxygen atoms in total. The van der Waals surface area contributed by atoms with Crippen molar-refractivity contribution in [1.82, 2.24) is 10.2 Å². The van der Waals surface area contributed by atoms with E-state index >= 15 is 0 Å². The van der Waals surface area contributed by atoms with Gasteiger partial charge in [0.05, 0.1) is 22.9 Å². The van der Waals surface area contributed by atoms with Gasteiger partial charge < -0.3 is 9.73 Å². The molecule has 0 aliphatic heterocycles. The lowest BCUT2D eigenvalue weighted by Gasteiger charge is -2.22. The summed E-state index contributed by atoms with van der Waals surface area (Å²) in [4.78, 5) is 14.2. The van der Waals surface area contributed by atoms with E-state index in [0.29, 0.717) is 17.1 Å². The van der Waals surface area contributed by atoms with Gasteiger partial charge in [-0.2, -0.15) is 0 Å². The van der Waals surface area contributed by atoms with Crippen LogP contribution in [-0.4, -0.2) is 31.4 Å². The van der Waals surface area contributed by atoms with E-state index < -0.39 is 0 Å². The van der Waals surface area contributed by atoms with Gasteiger partial charge in [-0.15, -0.1) is 0 Å². The summed E-state index contributed by atoms with van der Waals surface area (Å²) in [6.07, 6.45) is 1.62. The molecule has 0 bridgehead atoms. The van der Waals surface area contributed by atoms with Crippen LogP contribution in [0, 0.1) is 0 Å². The van der Waals surface area contributed by atoms with Crippen LogP contribution >= 0.6 is 27.5 Å². The van der Waals surface area contributed by atoms with E-state index in [4.69, 9.17) is 16.0 Å². The molecule has 0 saturated carbocycles. The molecule has 1 amide bonds. The van der Waals surface area contributed by atoms with Gasteiger partial charge in [-0.3, -0.25) is 9.69 Å². The lowest BCUT2D eigenvalue weighted by molar-refractivity contribution is 0.0939. The van der Waals surface area contributed by atoms with Gasteiger partial charge in [0.1, 0.15) is 5.76 Å². The molecule has 0 spiro atoms. The fraction of sp³-hybridized carbons (Fsp3) is 0.267. The zero-order valence-electron chi connectivity index (χ0n) is 11.8. The van der Waals surface area contributed by atoms with Gasteiger partial charge in [-0.05, 0) is 44.4 Å². The van der Waals surface area contributed by atoms with Crippen molar-refractivity contribution < 1.29 is 9.21 Å². The van der Waals surface area contributed by atoms with Crippen molar-refractivity contribution in [3.05, 3.63) is 57.4 Å². The Kier molecular flexibility index (Phi) is 5.45. The molecule has 112 valence electrons. The molecule has 1 aromatic carbocycles. The molecule has 21 heavy (non-hydrogen) atoms. The topological polar surface area (TPSA) is 45.5 Å². The van der Waals surface area contributed by atoms with Crippen molar-refractivity contribution in [1.29, 1.82) is 0 Å². The van der Waals surface area contributed by atoms with E-state index in [9.17, 15) is 4.79 Å². The first-order valence-corrected chi connectivity index (χ1v) is 7.59. The highest BCUT2D eigenvalue weighted by molar-refractivity contribution is 9.10. The number of nitrogens with zero attached hydrogens (tertiary/aromatic N) is 1. The minimum atomic E-state index is -0.209. The average molecular weight is 372 g/mol. The molecule has 0 saturated heterocycles. The van der Waals surface area contributed by atoms with E-state index in [-0.39, 0.29) is 11.9 Å². The molecule has 1 atom stereocenters. The molecule has 1 N–H and O–H groups in total. The molecular formula is C15H16BrClN2O2. The first-order valence-electron chi connectivity index (χ1n) is 6.42. The number of amides is 1. The number of benzene rings is 1. The van der Waals surface area contributed by atoms with E-state index in [1.54, 1.807) is 24.5 Å². The smallest absolute Gasteiger partial charge is 0.252 e. The Morgan fingerprint density at radius 2 is 2.19 bits per heavy atom. The summed E-state index contributed by atoms with van der Waals surface area (Å²) in [5.41, 5.74) is 0.447. The molecular weight excluding hydrogens is 356 g/mol.